The molecule has 0 saturated carbocycles. The van der Waals surface area contributed by atoms with Gasteiger partial charge in [-0.3, -0.25) is 9.59 Å². The number of rotatable bonds is 10. The molecule has 29 heavy (non-hydrogen) atoms. The normalized spacial score (nSPS) is 11.7. The Balaban J connectivity index is 2.22. The van der Waals surface area contributed by atoms with Crippen LogP contribution in [-0.2, 0) is 22.6 Å². The van der Waals surface area contributed by atoms with Gasteiger partial charge in [-0.05, 0) is 42.5 Å². The molecule has 6 heteroatoms. The predicted octanol–water partition coefficient (Wildman–Crippen LogP) is 5.26. The second-order valence-electron chi connectivity index (χ2n) is 6.92. The summed E-state index contributed by atoms with van der Waals surface area (Å²) < 4.78 is 0. The van der Waals surface area contributed by atoms with Crippen LogP contribution in [-0.4, -0.2) is 29.3 Å². The van der Waals surface area contributed by atoms with Crippen LogP contribution in [0.2, 0.25) is 10.0 Å². The van der Waals surface area contributed by atoms with E-state index in [4.69, 9.17) is 23.2 Å². The molecule has 0 fully saturated rings. The summed E-state index contributed by atoms with van der Waals surface area (Å²) >= 11 is 12.6. The standard InChI is InChI=1S/C23H28Cl2N2O2/c1-3-15-26-23(29)21(4-2)27(16-18-10-6-8-12-20(18)25)22(28)14-13-17-9-5-7-11-19(17)24/h5-12,21H,3-4,13-16H2,1-2H3,(H,26,29). The van der Waals surface area contributed by atoms with Crippen LogP contribution < -0.4 is 5.32 Å². The fourth-order valence-corrected chi connectivity index (χ4v) is 3.61. The van der Waals surface area contributed by atoms with Gasteiger partial charge in [0.15, 0.2) is 0 Å². The Labute approximate surface area is 183 Å². The molecule has 1 N–H and O–H groups in total. The molecule has 0 saturated heterocycles. The van der Waals surface area contributed by atoms with Gasteiger partial charge in [0.25, 0.3) is 0 Å². The van der Waals surface area contributed by atoms with Crippen molar-refractivity contribution >= 4 is 35.0 Å². The van der Waals surface area contributed by atoms with Crippen LogP contribution in [0.15, 0.2) is 48.5 Å². The van der Waals surface area contributed by atoms with Gasteiger partial charge in [-0.15, -0.1) is 0 Å². The first-order valence-corrected chi connectivity index (χ1v) is 10.8. The molecule has 0 aliphatic carbocycles. The quantitative estimate of drug-likeness (QED) is 0.554. The van der Waals surface area contributed by atoms with Crippen molar-refractivity contribution in [1.82, 2.24) is 10.2 Å². The number of hydrogen-bond donors (Lipinski definition) is 1. The third-order valence-corrected chi connectivity index (χ3v) is 5.54. The summed E-state index contributed by atoms with van der Waals surface area (Å²) in [4.78, 5) is 27.5. The van der Waals surface area contributed by atoms with Gasteiger partial charge in [0.05, 0.1) is 0 Å². The minimum absolute atomic E-state index is 0.0941. The lowest BCUT2D eigenvalue weighted by atomic mass is 10.1. The largest absolute Gasteiger partial charge is 0.354 e. The second kappa shape index (κ2) is 11.8. The first-order valence-electron chi connectivity index (χ1n) is 10.0. The molecular formula is C23H28Cl2N2O2. The molecule has 1 unspecified atom stereocenters. The monoisotopic (exact) mass is 434 g/mol. The number of nitrogens with one attached hydrogen (secondary N) is 1. The zero-order valence-electron chi connectivity index (χ0n) is 17.0. The molecule has 0 heterocycles. The summed E-state index contributed by atoms with van der Waals surface area (Å²) in [5.74, 6) is -0.226. The van der Waals surface area contributed by atoms with Gasteiger partial charge in [0, 0.05) is 29.6 Å². The number of carbonyl (C=O) groups is 2. The summed E-state index contributed by atoms with van der Waals surface area (Å²) in [5, 5.41) is 4.14. The third kappa shape index (κ3) is 6.76. The van der Waals surface area contributed by atoms with Crippen molar-refractivity contribution in [3.8, 4) is 0 Å². The van der Waals surface area contributed by atoms with E-state index in [-0.39, 0.29) is 18.2 Å². The molecule has 0 aliphatic rings. The van der Waals surface area contributed by atoms with Crippen LogP contribution >= 0.6 is 23.2 Å². The zero-order valence-corrected chi connectivity index (χ0v) is 18.5. The van der Waals surface area contributed by atoms with Crippen LogP contribution in [0.3, 0.4) is 0 Å². The van der Waals surface area contributed by atoms with E-state index in [0.717, 1.165) is 17.5 Å². The number of carbonyl (C=O) groups excluding carboxylic acids is 2. The molecule has 0 aliphatic heterocycles. The van der Waals surface area contributed by atoms with Crippen molar-refractivity contribution in [2.75, 3.05) is 6.54 Å². The van der Waals surface area contributed by atoms with Crippen molar-refractivity contribution in [3.05, 3.63) is 69.7 Å². The third-order valence-electron chi connectivity index (χ3n) is 4.80. The molecule has 2 aromatic carbocycles. The van der Waals surface area contributed by atoms with Crippen LogP contribution in [0.25, 0.3) is 0 Å². The van der Waals surface area contributed by atoms with Crippen molar-refractivity contribution in [2.24, 2.45) is 0 Å². The van der Waals surface area contributed by atoms with Crippen molar-refractivity contribution < 1.29 is 9.59 Å². The number of aryl methyl sites for hydroxylation is 1. The van der Waals surface area contributed by atoms with Gasteiger partial charge in [-0.25, -0.2) is 0 Å². The van der Waals surface area contributed by atoms with Gasteiger partial charge >= 0.3 is 0 Å². The van der Waals surface area contributed by atoms with E-state index in [1.54, 1.807) is 11.0 Å². The molecule has 0 aromatic heterocycles. The summed E-state index contributed by atoms with van der Waals surface area (Å²) in [5.41, 5.74) is 1.74. The van der Waals surface area contributed by atoms with Gasteiger partial charge in [0.1, 0.15) is 6.04 Å². The zero-order chi connectivity index (χ0) is 21.2. The number of nitrogens with zero attached hydrogens (tertiary/aromatic N) is 1. The second-order valence-corrected chi connectivity index (χ2v) is 7.73. The SMILES string of the molecule is CCCNC(=O)C(CC)N(Cc1ccccc1Cl)C(=O)CCc1ccccc1Cl. The Morgan fingerprint density at radius 3 is 2.10 bits per heavy atom. The van der Waals surface area contributed by atoms with E-state index in [9.17, 15) is 9.59 Å². The topological polar surface area (TPSA) is 49.4 Å². The van der Waals surface area contributed by atoms with Crippen LogP contribution in [0.4, 0.5) is 0 Å². The summed E-state index contributed by atoms with van der Waals surface area (Å²) in [6.07, 6.45) is 2.15. The highest BCUT2D eigenvalue weighted by Crippen LogP contribution is 2.22. The minimum Gasteiger partial charge on any atom is -0.354 e. The Morgan fingerprint density at radius 1 is 0.966 bits per heavy atom. The maximum absolute atomic E-state index is 13.2. The molecule has 2 aromatic rings. The number of amides is 2. The van der Waals surface area contributed by atoms with Gasteiger partial charge in [-0.2, -0.15) is 0 Å². The predicted molar refractivity (Wildman–Crippen MR) is 119 cm³/mol. The lowest BCUT2D eigenvalue weighted by molar-refractivity contribution is -0.141. The summed E-state index contributed by atoms with van der Waals surface area (Å²) in [6.45, 7) is 4.79. The summed E-state index contributed by atoms with van der Waals surface area (Å²) in [6, 6.07) is 14.4. The number of hydrogen-bond acceptors (Lipinski definition) is 2. The highest BCUT2D eigenvalue weighted by molar-refractivity contribution is 6.31. The maximum Gasteiger partial charge on any atom is 0.242 e. The van der Waals surface area contributed by atoms with E-state index in [2.05, 4.69) is 5.32 Å². The molecule has 2 amide bonds. The van der Waals surface area contributed by atoms with E-state index in [0.29, 0.717) is 36.0 Å². The number of benzene rings is 2. The molecule has 0 radical (unpaired) electrons. The maximum atomic E-state index is 13.2. The highest BCUT2D eigenvalue weighted by Gasteiger charge is 2.28. The molecule has 1 atom stereocenters. The summed E-state index contributed by atoms with van der Waals surface area (Å²) in [7, 11) is 0. The van der Waals surface area contributed by atoms with Gasteiger partial charge in [0.2, 0.25) is 11.8 Å². The average molecular weight is 435 g/mol. The Kier molecular flexibility index (Phi) is 9.49. The first-order chi connectivity index (χ1) is 14.0. The molecule has 0 bridgehead atoms. The first kappa shape index (κ1) is 23.2. The lowest BCUT2D eigenvalue weighted by Gasteiger charge is -2.31. The van der Waals surface area contributed by atoms with Crippen LogP contribution in [0, 0.1) is 0 Å². The van der Waals surface area contributed by atoms with E-state index >= 15 is 0 Å². The van der Waals surface area contributed by atoms with E-state index in [1.807, 2.05) is 56.3 Å². The Morgan fingerprint density at radius 2 is 1.55 bits per heavy atom. The van der Waals surface area contributed by atoms with Crippen molar-refractivity contribution in [2.45, 2.75) is 52.1 Å². The van der Waals surface area contributed by atoms with Crippen LogP contribution in [0.1, 0.15) is 44.2 Å². The lowest BCUT2D eigenvalue weighted by Crippen LogP contribution is -2.49. The van der Waals surface area contributed by atoms with Crippen molar-refractivity contribution in [3.63, 3.8) is 0 Å². The fraction of sp³-hybridized carbons (Fsp3) is 0.391. The minimum atomic E-state index is -0.545. The molecule has 0 spiro atoms. The highest BCUT2D eigenvalue weighted by atomic mass is 35.5. The van der Waals surface area contributed by atoms with Gasteiger partial charge < -0.3 is 10.2 Å². The van der Waals surface area contributed by atoms with Crippen LogP contribution in [0.5, 0.6) is 0 Å². The Hall–Kier alpha value is -2.04. The van der Waals surface area contributed by atoms with E-state index in [1.165, 1.54) is 0 Å². The van der Waals surface area contributed by atoms with Gasteiger partial charge in [-0.1, -0.05) is 73.4 Å². The van der Waals surface area contributed by atoms with E-state index < -0.39 is 6.04 Å². The molecular weight excluding hydrogens is 407 g/mol. The fourth-order valence-electron chi connectivity index (χ4n) is 3.18. The molecule has 2 rings (SSSR count). The smallest absolute Gasteiger partial charge is 0.242 e. The average Bonchev–Trinajstić information content (AvgIpc) is 2.72. The Bertz CT molecular complexity index is 826. The van der Waals surface area contributed by atoms with Crippen molar-refractivity contribution in [1.29, 1.82) is 0 Å². The molecule has 4 nitrogen and oxygen atoms in total. The number of halogens is 2. The molecule has 156 valence electrons.